The Balaban J connectivity index is 4.25. The maximum atomic E-state index is 11.6. The zero-order valence-electron chi connectivity index (χ0n) is 10.3. The van der Waals surface area contributed by atoms with Crippen LogP contribution in [0.25, 0.3) is 0 Å². The van der Waals surface area contributed by atoms with Gasteiger partial charge in [0.25, 0.3) is 0 Å². The van der Waals surface area contributed by atoms with Crippen molar-refractivity contribution in [3.8, 4) is 0 Å². The number of halogens is 1. The average molecular weight is 249 g/mol. The molecule has 0 fully saturated rings. The summed E-state index contributed by atoms with van der Waals surface area (Å²) in [6, 6.07) is -0.347. The molecule has 16 heavy (non-hydrogen) atoms. The molecule has 0 aliphatic heterocycles. The number of hydrogen-bond acceptors (Lipinski definition) is 2. The minimum atomic E-state index is -0.449. The molecular formula is C11H21ClN2O2. The van der Waals surface area contributed by atoms with Crippen LogP contribution in [0.15, 0.2) is 0 Å². The maximum absolute atomic E-state index is 11.6. The van der Waals surface area contributed by atoms with E-state index in [0.29, 0.717) is 19.0 Å². The van der Waals surface area contributed by atoms with Crippen LogP contribution in [0, 0.1) is 5.92 Å². The third-order valence-electron chi connectivity index (χ3n) is 2.67. The van der Waals surface area contributed by atoms with Crippen molar-refractivity contribution < 1.29 is 9.59 Å². The first kappa shape index (κ1) is 15.2. The normalized spacial score (nSPS) is 10.3. The fourth-order valence-electron chi connectivity index (χ4n) is 1.45. The molecule has 0 aromatic rings. The molecule has 0 heterocycles. The van der Waals surface area contributed by atoms with Gasteiger partial charge in [0.05, 0.1) is 0 Å². The molecule has 0 aliphatic carbocycles. The van der Waals surface area contributed by atoms with Crippen LogP contribution in [-0.4, -0.2) is 35.8 Å². The van der Waals surface area contributed by atoms with Crippen LogP contribution in [0.1, 0.15) is 33.6 Å². The van der Waals surface area contributed by atoms with E-state index in [9.17, 15) is 9.59 Å². The minimum Gasteiger partial charge on any atom is -0.324 e. The molecule has 94 valence electrons. The van der Waals surface area contributed by atoms with Gasteiger partial charge >= 0.3 is 6.03 Å². The predicted octanol–water partition coefficient (Wildman–Crippen LogP) is 2.22. The molecule has 0 aromatic heterocycles. The van der Waals surface area contributed by atoms with E-state index in [1.54, 1.807) is 4.90 Å². The van der Waals surface area contributed by atoms with Crippen molar-refractivity contribution in [2.24, 2.45) is 5.92 Å². The number of amides is 3. The van der Waals surface area contributed by atoms with Crippen molar-refractivity contribution in [3.63, 3.8) is 0 Å². The molecule has 0 saturated heterocycles. The minimum absolute atomic E-state index is 0.186. The Bertz CT molecular complexity index is 230. The van der Waals surface area contributed by atoms with E-state index >= 15 is 0 Å². The average Bonchev–Trinajstić information content (AvgIpc) is 2.30. The largest absolute Gasteiger partial charge is 0.324 e. The van der Waals surface area contributed by atoms with Crippen LogP contribution >= 0.6 is 11.6 Å². The summed E-state index contributed by atoms with van der Waals surface area (Å²) < 4.78 is 0. The van der Waals surface area contributed by atoms with Gasteiger partial charge in [-0.25, -0.2) is 4.79 Å². The lowest BCUT2D eigenvalue weighted by Gasteiger charge is -2.25. The molecule has 5 heteroatoms. The van der Waals surface area contributed by atoms with Gasteiger partial charge in [-0.05, 0) is 12.8 Å². The monoisotopic (exact) mass is 248 g/mol. The Morgan fingerprint density at radius 3 is 2.19 bits per heavy atom. The molecule has 0 spiro atoms. The number of nitrogens with zero attached hydrogens (tertiary/aromatic N) is 1. The molecule has 4 nitrogen and oxygen atoms in total. The first-order valence-corrected chi connectivity index (χ1v) is 6.27. The highest BCUT2D eigenvalue weighted by Gasteiger charge is 2.17. The Labute approximate surface area is 102 Å². The van der Waals surface area contributed by atoms with E-state index in [4.69, 9.17) is 11.6 Å². The second kappa shape index (κ2) is 8.39. The summed E-state index contributed by atoms with van der Waals surface area (Å²) in [5.74, 6) is -0.152. The number of carbonyl (C=O) groups is 2. The van der Waals surface area contributed by atoms with Gasteiger partial charge in [-0.3, -0.25) is 10.1 Å². The number of hydrogen-bond donors (Lipinski definition) is 1. The zero-order valence-corrected chi connectivity index (χ0v) is 11.0. The van der Waals surface area contributed by atoms with Crippen LogP contribution in [-0.2, 0) is 4.79 Å². The first-order chi connectivity index (χ1) is 7.58. The highest BCUT2D eigenvalue weighted by Crippen LogP contribution is 2.09. The Kier molecular flexibility index (Phi) is 7.99. The third kappa shape index (κ3) is 5.35. The number of imide groups is 1. The summed E-state index contributed by atoms with van der Waals surface area (Å²) in [6.45, 7) is 7.38. The molecule has 0 saturated carbocycles. The summed E-state index contributed by atoms with van der Waals surface area (Å²) in [5.41, 5.74) is 0. The van der Waals surface area contributed by atoms with Gasteiger partial charge in [0.2, 0.25) is 5.91 Å². The number of alkyl halides is 1. The van der Waals surface area contributed by atoms with Crippen molar-refractivity contribution in [2.75, 3.05) is 19.0 Å². The van der Waals surface area contributed by atoms with Crippen LogP contribution in [0.5, 0.6) is 0 Å². The third-order valence-corrected chi connectivity index (χ3v) is 2.91. The van der Waals surface area contributed by atoms with Gasteiger partial charge in [-0.2, -0.15) is 0 Å². The smallest absolute Gasteiger partial charge is 0.324 e. The summed E-state index contributed by atoms with van der Waals surface area (Å²) in [6.07, 6.45) is 2.06. The summed E-state index contributed by atoms with van der Waals surface area (Å²) in [5, 5.41) is 2.25. The van der Waals surface area contributed by atoms with Gasteiger partial charge in [-0.15, -0.1) is 11.6 Å². The van der Waals surface area contributed by atoms with Gasteiger partial charge in [-0.1, -0.05) is 26.7 Å². The van der Waals surface area contributed by atoms with E-state index in [1.165, 1.54) is 0 Å². The standard InChI is InChI=1S/C11H21ClN2O2/c1-4-9(5-2)8-14(6-3)11(16)13-10(15)7-12/h9H,4-8H2,1-3H3,(H,13,15,16). The molecule has 0 radical (unpaired) electrons. The van der Waals surface area contributed by atoms with Crippen LogP contribution < -0.4 is 5.32 Å². The highest BCUT2D eigenvalue weighted by molar-refractivity contribution is 6.28. The second-order valence-corrected chi connectivity index (χ2v) is 3.98. The quantitative estimate of drug-likeness (QED) is 0.733. The first-order valence-electron chi connectivity index (χ1n) is 5.73. The second-order valence-electron chi connectivity index (χ2n) is 3.71. The maximum Gasteiger partial charge on any atom is 0.324 e. The van der Waals surface area contributed by atoms with Gasteiger partial charge in [0.1, 0.15) is 5.88 Å². The zero-order chi connectivity index (χ0) is 12.6. The van der Waals surface area contributed by atoms with Gasteiger partial charge < -0.3 is 4.90 Å². The molecule has 1 N–H and O–H groups in total. The van der Waals surface area contributed by atoms with Crippen molar-refractivity contribution in [3.05, 3.63) is 0 Å². The number of carbonyl (C=O) groups excluding carboxylic acids is 2. The van der Waals surface area contributed by atoms with Crippen molar-refractivity contribution in [1.82, 2.24) is 10.2 Å². The molecule has 0 atom stereocenters. The van der Waals surface area contributed by atoms with Crippen LogP contribution in [0.3, 0.4) is 0 Å². The van der Waals surface area contributed by atoms with Gasteiger partial charge in [0, 0.05) is 13.1 Å². The lowest BCUT2D eigenvalue weighted by atomic mass is 10.0. The molecule has 0 bridgehead atoms. The fraction of sp³-hybridized carbons (Fsp3) is 0.818. The van der Waals surface area contributed by atoms with Gasteiger partial charge in [0.15, 0.2) is 0 Å². The van der Waals surface area contributed by atoms with E-state index < -0.39 is 5.91 Å². The van der Waals surface area contributed by atoms with Crippen LogP contribution in [0.2, 0.25) is 0 Å². The number of nitrogens with one attached hydrogen (secondary N) is 1. The summed E-state index contributed by atoms with van der Waals surface area (Å²) >= 11 is 5.32. The SMILES string of the molecule is CCC(CC)CN(CC)C(=O)NC(=O)CCl. The van der Waals surface area contributed by atoms with Crippen LogP contribution in [0.4, 0.5) is 4.79 Å². The summed E-state index contributed by atoms with van der Waals surface area (Å²) in [4.78, 5) is 24.3. The van der Waals surface area contributed by atoms with E-state index in [-0.39, 0.29) is 11.9 Å². The van der Waals surface area contributed by atoms with E-state index in [1.807, 2.05) is 6.92 Å². The molecule has 0 rings (SSSR count). The summed E-state index contributed by atoms with van der Waals surface area (Å²) in [7, 11) is 0. The Morgan fingerprint density at radius 1 is 1.25 bits per heavy atom. The van der Waals surface area contributed by atoms with E-state index in [0.717, 1.165) is 12.8 Å². The Hall–Kier alpha value is -0.770. The van der Waals surface area contributed by atoms with E-state index in [2.05, 4.69) is 19.2 Å². The Morgan fingerprint density at radius 2 is 1.81 bits per heavy atom. The van der Waals surface area contributed by atoms with Crippen molar-refractivity contribution >= 4 is 23.5 Å². The predicted molar refractivity (Wildman–Crippen MR) is 65.6 cm³/mol. The molecule has 0 aliphatic rings. The fourth-order valence-corrected chi connectivity index (χ4v) is 1.51. The topological polar surface area (TPSA) is 49.4 Å². The number of rotatable bonds is 6. The van der Waals surface area contributed by atoms with Crippen molar-refractivity contribution in [2.45, 2.75) is 33.6 Å². The number of urea groups is 1. The van der Waals surface area contributed by atoms with Crippen molar-refractivity contribution in [1.29, 1.82) is 0 Å². The molecule has 3 amide bonds. The molecular weight excluding hydrogens is 228 g/mol. The molecule has 0 aromatic carbocycles. The molecule has 0 unspecified atom stereocenters. The lowest BCUT2D eigenvalue weighted by Crippen LogP contribution is -2.45. The highest BCUT2D eigenvalue weighted by atomic mass is 35.5. The lowest BCUT2D eigenvalue weighted by molar-refractivity contribution is -0.117.